The molecule has 2 aromatic heterocycles. The van der Waals surface area contributed by atoms with Crippen molar-refractivity contribution in [3.05, 3.63) is 108 Å². The van der Waals surface area contributed by atoms with E-state index >= 15 is 0 Å². The van der Waals surface area contributed by atoms with Gasteiger partial charge in [0, 0.05) is 25.9 Å². The Bertz CT molecular complexity index is 1840. The SMILES string of the molecule is COCC[N+](C)(C)C/C=C/C(=O)N(C)c1cccc(-n2c(=O)n(-c3ccc(Oc4ccccc4)cc3)c3c(N)ncnc32)c1. The van der Waals surface area contributed by atoms with Gasteiger partial charge >= 0.3 is 5.69 Å². The first-order chi connectivity index (χ1) is 21.2. The van der Waals surface area contributed by atoms with Gasteiger partial charge in [0.2, 0.25) is 0 Å². The molecule has 44 heavy (non-hydrogen) atoms. The van der Waals surface area contributed by atoms with Crippen LogP contribution in [0.15, 0.2) is 102 Å². The fourth-order valence-corrected chi connectivity index (χ4v) is 4.76. The van der Waals surface area contributed by atoms with Crippen molar-refractivity contribution >= 4 is 28.6 Å². The zero-order valence-electron chi connectivity index (χ0n) is 25.3. The highest BCUT2D eigenvalue weighted by molar-refractivity contribution is 6.01. The second-order valence-corrected chi connectivity index (χ2v) is 10.9. The number of nitrogens with two attached hydrogens (primary N) is 1. The van der Waals surface area contributed by atoms with Gasteiger partial charge in [-0.15, -0.1) is 0 Å². The number of nitrogen functional groups attached to an aromatic ring is 1. The maximum Gasteiger partial charge on any atom is 0.339 e. The van der Waals surface area contributed by atoms with Gasteiger partial charge in [0.1, 0.15) is 29.9 Å². The minimum Gasteiger partial charge on any atom is -0.457 e. The molecule has 0 spiro atoms. The number of carbonyl (C=O) groups excluding carboxylic acids is 1. The standard InChI is InChI=1S/C33H36N7O4/c1-37(29(41)14-9-19-40(2,3)20-21-43-4)25-10-8-11-26(22-25)39-32-30(31(34)35-23-36-32)38(33(39)42)24-15-17-28(18-16-24)44-27-12-6-5-7-13-27/h5-18,22-23H,19-21H2,1-4H3,(H2,34,35,36)/q+1/b14-9+. The first kappa shape index (κ1) is 30.2. The number of amides is 1. The fraction of sp³-hybridized carbons (Fsp3) is 0.212. The molecule has 0 atom stereocenters. The average Bonchev–Trinajstić information content (AvgIpc) is 3.33. The molecular weight excluding hydrogens is 558 g/mol. The molecule has 2 heterocycles. The van der Waals surface area contributed by atoms with Crippen LogP contribution in [0, 0.1) is 0 Å². The summed E-state index contributed by atoms with van der Waals surface area (Å²) in [6.07, 6.45) is 4.76. The van der Waals surface area contributed by atoms with E-state index in [1.54, 1.807) is 62.7 Å². The van der Waals surface area contributed by atoms with E-state index in [9.17, 15) is 9.59 Å². The molecule has 3 aromatic carbocycles. The molecule has 0 aliphatic rings. The molecule has 11 nitrogen and oxygen atoms in total. The lowest BCUT2D eigenvalue weighted by Crippen LogP contribution is -2.42. The number of methoxy groups -OCH3 is 1. The number of aromatic nitrogens is 4. The molecule has 0 unspecified atom stereocenters. The zero-order chi connectivity index (χ0) is 31.3. The van der Waals surface area contributed by atoms with E-state index in [1.165, 1.54) is 20.4 Å². The van der Waals surface area contributed by atoms with E-state index in [4.69, 9.17) is 15.2 Å². The molecule has 5 rings (SSSR count). The molecule has 11 heteroatoms. The Kier molecular flexibility index (Phi) is 8.88. The molecule has 2 N–H and O–H groups in total. The number of quaternary nitrogens is 1. The van der Waals surface area contributed by atoms with Crippen LogP contribution in [0.3, 0.4) is 0 Å². The number of ether oxygens (including phenoxy) is 2. The average molecular weight is 595 g/mol. The summed E-state index contributed by atoms with van der Waals surface area (Å²) in [7, 11) is 7.54. The van der Waals surface area contributed by atoms with E-state index in [2.05, 4.69) is 24.1 Å². The van der Waals surface area contributed by atoms with Crippen LogP contribution in [-0.4, -0.2) is 77.4 Å². The lowest BCUT2D eigenvalue weighted by atomic mass is 10.2. The van der Waals surface area contributed by atoms with Crippen molar-refractivity contribution in [2.45, 2.75) is 0 Å². The van der Waals surface area contributed by atoms with Crippen molar-refractivity contribution < 1.29 is 18.8 Å². The predicted octanol–water partition coefficient (Wildman–Crippen LogP) is 4.19. The van der Waals surface area contributed by atoms with Crippen molar-refractivity contribution in [3.63, 3.8) is 0 Å². The molecule has 0 aliphatic carbocycles. The molecule has 0 fully saturated rings. The Morgan fingerprint density at radius 3 is 2.41 bits per heavy atom. The summed E-state index contributed by atoms with van der Waals surface area (Å²) >= 11 is 0. The van der Waals surface area contributed by atoms with Gasteiger partial charge in [-0.05, 0) is 60.7 Å². The summed E-state index contributed by atoms with van der Waals surface area (Å²) in [5.74, 6) is 1.30. The van der Waals surface area contributed by atoms with Crippen LogP contribution in [0.25, 0.3) is 22.5 Å². The van der Waals surface area contributed by atoms with E-state index in [-0.39, 0.29) is 17.4 Å². The number of anilines is 2. The van der Waals surface area contributed by atoms with E-state index in [0.717, 1.165) is 6.54 Å². The number of benzene rings is 3. The number of carbonyl (C=O) groups is 1. The third kappa shape index (κ3) is 6.54. The van der Waals surface area contributed by atoms with Crippen molar-refractivity contribution in [1.29, 1.82) is 0 Å². The predicted molar refractivity (Wildman–Crippen MR) is 172 cm³/mol. The van der Waals surface area contributed by atoms with Gasteiger partial charge in [0.15, 0.2) is 11.5 Å². The largest absolute Gasteiger partial charge is 0.457 e. The van der Waals surface area contributed by atoms with Crippen LogP contribution in [0.5, 0.6) is 11.5 Å². The van der Waals surface area contributed by atoms with Gasteiger partial charge in [-0.2, -0.15) is 0 Å². The minimum absolute atomic E-state index is 0.163. The Balaban J connectivity index is 1.46. The number of likely N-dealkylation sites (N-methyl/N-ethyl adjacent to an activating group) is 2. The first-order valence-corrected chi connectivity index (χ1v) is 14.1. The Hall–Kier alpha value is -5.26. The van der Waals surface area contributed by atoms with Gasteiger partial charge in [-0.3, -0.25) is 9.36 Å². The van der Waals surface area contributed by atoms with Crippen LogP contribution in [0.1, 0.15) is 0 Å². The maximum atomic E-state index is 14.0. The number of hydrogen-bond acceptors (Lipinski definition) is 7. The van der Waals surface area contributed by atoms with Gasteiger partial charge in [-0.25, -0.2) is 19.3 Å². The second kappa shape index (κ2) is 12.9. The Morgan fingerprint density at radius 1 is 0.955 bits per heavy atom. The van der Waals surface area contributed by atoms with Crippen LogP contribution in [0.4, 0.5) is 11.5 Å². The summed E-state index contributed by atoms with van der Waals surface area (Å²) in [5.41, 5.74) is 8.34. The van der Waals surface area contributed by atoms with Crippen molar-refractivity contribution in [2.24, 2.45) is 0 Å². The molecular formula is C33H36N7O4+. The van der Waals surface area contributed by atoms with E-state index in [0.29, 0.717) is 57.4 Å². The van der Waals surface area contributed by atoms with Gasteiger partial charge in [-0.1, -0.05) is 24.3 Å². The summed E-state index contributed by atoms with van der Waals surface area (Å²) in [6, 6.07) is 23.7. The molecule has 0 saturated carbocycles. The summed E-state index contributed by atoms with van der Waals surface area (Å²) in [5, 5.41) is 0. The third-order valence-electron chi connectivity index (χ3n) is 7.29. The first-order valence-electron chi connectivity index (χ1n) is 14.1. The molecule has 0 radical (unpaired) electrons. The molecule has 5 aromatic rings. The van der Waals surface area contributed by atoms with E-state index < -0.39 is 0 Å². The van der Waals surface area contributed by atoms with Gasteiger partial charge in [0.25, 0.3) is 5.91 Å². The van der Waals surface area contributed by atoms with Crippen LogP contribution >= 0.6 is 0 Å². The lowest BCUT2D eigenvalue weighted by molar-refractivity contribution is -0.884. The Morgan fingerprint density at radius 2 is 1.68 bits per heavy atom. The van der Waals surface area contributed by atoms with Gasteiger partial charge < -0.3 is 24.6 Å². The van der Waals surface area contributed by atoms with Gasteiger partial charge in [0.05, 0.1) is 38.6 Å². The zero-order valence-corrected chi connectivity index (χ0v) is 25.3. The number of fused-ring (bicyclic) bond motifs is 1. The molecule has 0 aliphatic heterocycles. The maximum absolute atomic E-state index is 14.0. The lowest BCUT2D eigenvalue weighted by Gasteiger charge is -2.28. The minimum atomic E-state index is -0.383. The number of hydrogen-bond donors (Lipinski definition) is 1. The summed E-state index contributed by atoms with van der Waals surface area (Å²) < 4.78 is 14.7. The highest BCUT2D eigenvalue weighted by Crippen LogP contribution is 2.27. The van der Waals surface area contributed by atoms with Crippen molar-refractivity contribution in [3.8, 4) is 22.9 Å². The fourth-order valence-electron chi connectivity index (χ4n) is 4.76. The number of rotatable bonds is 11. The summed E-state index contributed by atoms with van der Waals surface area (Å²) in [4.78, 5) is 37.1. The molecule has 0 bridgehead atoms. The van der Waals surface area contributed by atoms with Crippen LogP contribution < -0.4 is 21.1 Å². The highest BCUT2D eigenvalue weighted by atomic mass is 16.5. The Labute approximate surface area is 255 Å². The number of para-hydroxylation sites is 1. The monoisotopic (exact) mass is 594 g/mol. The second-order valence-electron chi connectivity index (χ2n) is 10.9. The third-order valence-corrected chi connectivity index (χ3v) is 7.29. The van der Waals surface area contributed by atoms with Crippen molar-refractivity contribution in [2.75, 3.05) is 58.6 Å². The molecule has 0 saturated heterocycles. The summed E-state index contributed by atoms with van der Waals surface area (Å²) in [6.45, 7) is 2.15. The number of nitrogens with zero attached hydrogens (tertiary/aromatic N) is 6. The van der Waals surface area contributed by atoms with Crippen LogP contribution in [-0.2, 0) is 9.53 Å². The quantitative estimate of drug-likeness (QED) is 0.180. The van der Waals surface area contributed by atoms with Crippen LogP contribution in [0.2, 0.25) is 0 Å². The molecule has 1 amide bonds. The van der Waals surface area contributed by atoms with E-state index in [1.807, 2.05) is 42.5 Å². The smallest absolute Gasteiger partial charge is 0.339 e. The molecule has 226 valence electrons. The topological polar surface area (TPSA) is 118 Å². The normalized spacial score (nSPS) is 11.7. The van der Waals surface area contributed by atoms with Crippen molar-refractivity contribution in [1.82, 2.24) is 19.1 Å². The number of imidazole rings is 1. The highest BCUT2D eigenvalue weighted by Gasteiger charge is 2.21.